The third kappa shape index (κ3) is 2.82. The summed E-state index contributed by atoms with van der Waals surface area (Å²) in [6, 6.07) is 7.38. The average molecular weight is 293 g/mol. The molecule has 86 valence electrons. The first-order valence-electron chi connectivity index (χ1n) is 4.87. The van der Waals surface area contributed by atoms with Crippen LogP contribution < -0.4 is 0 Å². The fourth-order valence-electron chi connectivity index (χ4n) is 1.43. The molecule has 1 heterocycles. The molecule has 4 nitrogen and oxygen atoms in total. The van der Waals surface area contributed by atoms with Gasteiger partial charge in [0.1, 0.15) is 0 Å². The van der Waals surface area contributed by atoms with Gasteiger partial charge in [0.05, 0.1) is 5.69 Å². The molecule has 0 bridgehead atoms. The Morgan fingerprint density at radius 1 is 1.47 bits per heavy atom. The van der Waals surface area contributed by atoms with Crippen molar-refractivity contribution in [2.75, 3.05) is 0 Å². The third-order valence-corrected chi connectivity index (χ3v) is 2.64. The van der Waals surface area contributed by atoms with E-state index in [2.05, 4.69) is 21.0 Å². The van der Waals surface area contributed by atoms with Gasteiger partial charge in [0.25, 0.3) is 0 Å². The number of carboxylic acids is 1. The zero-order valence-corrected chi connectivity index (χ0v) is 10.3. The molecule has 0 radical (unpaired) electrons. The molecule has 17 heavy (non-hydrogen) atoms. The summed E-state index contributed by atoms with van der Waals surface area (Å²) in [6.45, 7) is 0. The first-order valence-corrected chi connectivity index (χ1v) is 5.67. The van der Waals surface area contributed by atoms with Crippen LogP contribution in [0.3, 0.4) is 0 Å². The van der Waals surface area contributed by atoms with Crippen LogP contribution in [0.5, 0.6) is 0 Å². The van der Waals surface area contributed by atoms with E-state index in [0.717, 1.165) is 21.8 Å². The monoisotopic (exact) mass is 292 g/mol. The van der Waals surface area contributed by atoms with Gasteiger partial charge in [0, 0.05) is 28.5 Å². The number of hydrogen-bond donors (Lipinski definition) is 1. The quantitative estimate of drug-likeness (QED) is 0.885. The van der Waals surface area contributed by atoms with Crippen molar-refractivity contribution in [3.05, 3.63) is 52.8 Å². The zero-order chi connectivity index (χ0) is 12.3. The topological polar surface area (TPSA) is 55.1 Å². The summed E-state index contributed by atoms with van der Waals surface area (Å²) in [7, 11) is 0. The van der Waals surface area contributed by atoms with Gasteiger partial charge in [-0.2, -0.15) is 5.10 Å². The van der Waals surface area contributed by atoms with Crippen molar-refractivity contribution in [3.63, 3.8) is 0 Å². The molecule has 1 N–H and O–H groups in total. The smallest absolute Gasteiger partial charge is 0.328 e. The van der Waals surface area contributed by atoms with Crippen LogP contribution in [-0.2, 0) is 4.79 Å². The molecule has 0 fully saturated rings. The lowest BCUT2D eigenvalue weighted by molar-refractivity contribution is -0.131. The lowest BCUT2D eigenvalue weighted by Gasteiger charge is -2.06. The van der Waals surface area contributed by atoms with E-state index in [4.69, 9.17) is 5.11 Å². The van der Waals surface area contributed by atoms with E-state index in [1.165, 1.54) is 0 Å². The molecule has 0 saturated carbocycles. The minimum atomic E-state index is -0.973. The minimum absolute atomic E-state index is 0.791. The van der Waals surface area contributed by atoms with Crippen LogP contribution in [0, 0.1) is 0 Å². The zero-order valence-electron chi connectivity index (χ0n) is 8.75. The van der Waals surface area contributed by atoms with E-state index in [0.29, 0.717) is 0 Å². The van der Waals surface area contributed by atoms with Crippen molar-refractivity contribution in [2.24, 2.45) is 0 Å². The van der Waals surface area contributed by atoms with Gasteiger partial charge in [-0.3, -0.25) is 0 Å². The van der Waals surface area contributed by atoms with Gasteiger partial charge < -0.3 is 5.11 Å². The van der Waals surface area contributed by atoms with Crippen LogP contribution in [0.25, 0.3) is 11.8 Å². The summed E-state index contributed by atoms with van der Waals surface area (Å²) in [5.74, 6) is -0.973. The standard InChI is InChI=1S/C12H9BrN2O2/c13-10-4-2-9(3-5-12(16)17)11(8-10)15-7-1-6-14-15/h1-8H,(H,16,17)/b5-3+. The maximum Gasteiger partial charge on any atom is 0.328 e. The normalized spacial score (nSPS) is 10.9. The molecule has 2 aromatic rings. The number of benzene rings is 1. The highest BCUT2D eigenvalue weighted by Crippen LogP contribution is 2.21. The van der Waals surface area contributed by atoms with Crippen molar-refractivity contribution < 1.29 is 9.90 Å². The van der Waals surface area contributed by atoms with Gasteiger partial charge in [-0.1, -0.05) is 22.0 Å². The van der Waals surface area contributed by atoms with Gasteiger partial charge in [0.2, 0.25) is 0 Å². The predicted molar refractivity (Wildman–Crippen MR) is 67.9 cm³/mol. The van der Waals surface area contributed by atoms with Crippen LogP contribution >= 0.6 is 15.9 Å². The molecule has 0 unspecified atom stereocenters. The van der Waals surface area contributed by atoms with Crippen LogP contribution in [0.2, 0.25) is 0 Å². The molecule has 0 atom stereocenters. The second-order valence-corrected chi connectivity index (χ2v) is 4.24. The lowest BCUT2D eigenvalue weighted by atomic mass is 10.1. The minimum Gasteiger partial charge on any atom is -0.478 e. The number of carboxylic acid groups (broad SMARTS) is 1. The number of hydrogen-bond acceptors (Lipinski definition) is 2. The Bertz CT molecular complexity index is 562. The summed E-state index contributed by atoms with van der Waals surface area (Å²) in [5, 5.41) is 12.8. The van der Waals surface area contributed by atoms with Crippen LogP contribution in [-0.4, -0.2) is 20.9 Å². The van der Waals surface area contributed by atoms with Gasteiger partial charge in [-0.05, 0) is 24.3 Å². The summed E-state index contributed by atoms with van der Waals surface area (Å²) in [6.07, 6.45) is 6.13. The maximum atomic E-state index is 10.5. The van der Waals surface area contributed by atoms with E-state index < -0.39 is 5.97 Å². The fraction of sp³-hybridized carbons (Fsp3) is 0. The highest BCUT2D eigenvalue weighted by molar-refractivity contribution is 9.10. The summed E-state index contributed by atoms with van der Waals surface area (Å²) in [5.41, 5.74) is 1.61. The fourth-order valence-corrected chi connectivity index (χ4v) is 1.78. The van der Waals surface area contributed by atoms with Crippen LogP contribution in [0.1, 0.15) is 5.56 Å². The lowest BCUT2D eigenvalue weighted by Crippen LogP contribution is -1.97. The molecule has 0 spiro atoms. The Hall–Kier alpha value is -1.88. The number of aromatic nitrogens is 2. The Kier molecular flexibility index (Phi) is 3.39. The van der Waals surface area contributed by atoms with Crippen LogP contribution in [0.4, 0.5) is 0 Å². The van der Waals surface area contributed by atoms with Crippen molar-refractivity contribution in [3.8, 4) is 5.69 Å². The molecule has 0 aliphatic carbocycles. The van der Waals surface area contributed by atoms with Gasteiger partial charge in [0.15, 0.2) is 0 Å². The Balaban J connectivity index is 2.49. The highest BCUT2D eigenvalue weighted by Gasteiger charge is 2.03. The maximum absolute atomic E-state index is 10.5. The first kappa shape index (κ1) is 11.6. The van der Waals surface area contributed by atoms with Crippen molar-refractivity contribution in [1.82, 2.24) is 9.78 Å². The van der Waals surface area contributed by atoms with E-state index >= 15 is 0 Å². The Morgan fingerprint density at radius 2 is 2.29 bits per heavy atom. The van der Waals surface area contributed by atoms with Crippen molar-refractivity contribution in [2.45, 2.75) is 0 Å². The second kappa shape index (κ2) is 4.97. The molecular weight excluding hydrogens is 284 g/mol. The van der Waals surface area contributed by atoms with E-state index in [1.54, 1.807) is 23.2 Å². The molecule has 0 saturated heterocycles. The summed E-state index contributed by atoms with van der Waals surface area (Å²) >= 11 is 3.38. The van der Waals surface area contributed by atoms with E-state index in [9.17, 15) is 4.79 Å². The highest BCUT2D eigenvalue weighted by atomic mass is 79.9. The van der Waals surface area contributed by atoms with E-state index in [-0.39, 0.29) is 0 Å². The SMILES string of the molecule is O=C(O)/C=C/c1ccc(Br)cc1-n1cccn1. The van der Waals surface area contributed by atoms with Gasteiger partial charge in [-0.15, -0.1) is 0 Å². The number of aliphatic carboxylic acids is 1. The molecular formula is C12H9BrN2O2. The number of halogens is 1. The predicted octanol–water partition coefficient (Wildman–Crippen LogP) is 2.73. The largest absolute Gasteiger partial charge is 0.478 e. The molecule has 0 amide bonds. The average Bonchev–Trinajstić information content (AvgIpc) is 2.80. The molecule has 0 aliphatic heterocycles. The van der Waals surface area contributed by atoms with Gasteiger partial charge >= 0.3 is 5.97 Å². The molecule has 1 aromatic carbocycles. The Labute approximate surface area is 106 Å². The molecule has 0 aliphatic rings. The third-order valence-electron chi connectivity index (χ3n) is 2.15. The van der Waals surface area contributed by atoms with E-state index in [1.807, 2.05) is 24.3 Å². The number of nitrogens with zero attached hydrogens (tertiary/aromatic N) is 2. The van der Waals surface area contributed by atoms with Gasteiger partial charge in [-0.25, -0.2) is 9.48 Å². The molecule has 2 rings (SSSR count). The van der Waals surface area contributed by atoms with Crippen molar-refractivity contribution in [1.29, 1.82) is 0 Å². The molecule has 1 aromatic heterocycles. The summed E-state index contributed by atoms with van der Waals surface area (Å²) in [4.78, 5) is 10.5. The Morgan fingerprint density at radius 3 is 2.94 bits per heavy atom. The number of carbonyl (C=O) groups is 1. The second-order valence-electron chi connectivity index (χ2n) is 3.33. The van der Waals surface area contributed by atoms with Crippen LogP contribution in [0.15, 0.2) is 47.2 Å². The number of rotatable bonds is 3. The summed E-state index contributed by atoms with van der Waals surface area (Å²) < 4.78 is 2.60. The molecule has 5 heteroatoms. The first-order chi connectivity index (χ1) is 8.16. The van der Waals surface area contributed by atoms with Crippen molar-refractivity contribution >= 4 is 28.0 Å².